The molecule has 2 aromatic rings. The van der Waals surface area contributed by atoms with Gasteiger partial charge in [-0.3, -0.25) is 0 Å². The number of aromatic nitrogens is 2. The molecule has 0 bridgehead atoms. The average Bonchev–Trinajstić information content (AvgIpc) is 2.54. The molecule has 2 rings (SSSR count). The summed E-state index contributed by atoms with van der Waals surface area (Å²) in [7, 11) is 1.64. The van der Waals surface area contributed by atoms with E-state index in [1.54, 1.807) is 7.11 Å². The third kappa shape index (κ3) is 5.05. The summed E-state index contributed by atoms with van der Waals surface area (Å²) in [6, 6.07) is 9.44. The lowest BCUT2D eigenvalue weighted by Gasteiger charge is -2.08. The standard InChI is InChI=1S/C16H20N4O2/c1-12-9-14(20-11-19-12)10-18-16(21)17-8-7-13-3-5-15(22-2)6-4-13/h3-6,9,11H,7-8,10H2,1-2H3,(H2,17,18,21). The minimum atomic E-state index is -0.204. The minimum Gasteiger partial charge on any atom is -0.497 e. The van der Waals surface area contributed by atoms with Crippen molar-refractivity contribution >= 4 is 6.03 Å². The lowest BCUT2D eigenvalue weighted by Crippen LogP contribution is -2.36. The second-order valence-electron chi connectivity index (χ2n) is 4.86. The highest BCUT2D eigenvalue weighted by Crippen LogP contribution is 2.11. The number of methoxy groups -OCH3 is 1. The molecule has 0 saturated carbocycles. The maximum absolute atomic E-state index is 11.7. The number of hydrogen-bond acceptors (Lipinski definition) is 4. The van der Waals surface area contributed by atoms with Gasteiger partial charge in [0.15, 0.2) is 0 Å². The molecule has 2 amide bonds. The minimum absolute atomic E-state index is 0.204. The summed E-state index contributed by atoms with van der Waals surface area (Å²) in [5.41, 5.74) is 2.82. The molecule has 1 aromatic carbocycles. The number of carbonyl (C=O) groups is 1. The molecule has 2 N–H and O–H groups in total. The van der Waals surface area contributed by atoms with Gasteiger partial charge in [0.25, 0.3) is 0 Å². The molecule has 0 spiro atoms. The first-order chi connectivity index (χ1) is 10.7. The van der Waals surface area contributed by atoms with Crippen molar-refractivity contribution in [2.45, 2.75) is 19.9 Å². The van der Waals surface area contributed by atoms with E-state index in [1.165, 1.54) is 6.33 Å². The molecule has 0 aliphatic carbocycles. The van der Waals surface area contributed by atoms with Crippen LogP contribution in [0.1, 0.15) is 17.0 Å². The highest BCUT2D eigenvalue weighted by Gasteiger charge is 2.02. The van der Waals surface area contributed by atoms with Gasteiger partial charge in [0.2, 0.25) is 0 Å². The predicted molar refractivity (Wildman–Crippen MR) is 83.7 cm³/mol. The molecule has 0 unspecified atom stereocenters. The fourth-order valence-electron chi connectivity index (χ4n) is 1.95. The van der Waals surface area contributed by atoms with Gasteiger partial charge < -0.3 is 15.4 Å². The number of rotatable bonds is 6. The molecule has 0 radical (unpaired) electrons. The molecule has 0 aliphatic heterocycles. The molecule has 6 heteroatoms. The number of hydrogen-bond donors (Lipinski definition) is 2. The Labute approximate surface area is 129 Å². The summed E-state index contributed by atoms with van der Waals surface area (Å²) >= 11 is 0. The van der Waals surface area contributed by atoms with Crippen molar-refractivity contribution in [1.82, 2.24) is 20.6 Å². The summed E-state index contributed by atoms with van der Waals surface area (Å²) in [5.74, 6) is 0.828. The van der Waals surface area contributed by atoms with Crippen molar-refractivity contribution in [3.8, 4) is 5.75 Å². The maximum Gasteiger partial charge on any atom is 0.315 e. The van der Waals surface area contributed by atoms with Crippen molar-refractivity contribution in [3.63, 3.8) is 0 Å². The topological polar surface area (TPSA) is 76.1 Å². The van der Waals surface area contributed by atoms with Crippen molar-refractivity contribution in [2.24, 2.45) is 0 Å². The van der Waals surface area contributed by atoms with Crippen molar-refractivity contribution in [3.05, 3.63) is 53.6 Å². The Bertz CT molecular complexity index is 614. The molecule has 1 heterocycles. The number of nitrogens with one attached hydrogen (secondary N) is 2. The van der Waals surface area contributed by atoms with Gasteiger partial charge in [0.1, 0.15) is 12.1 Å². The fraction of sp³-hybridized carbons (Fsp3) is 0.312. The summed E-state index contributed by atoms with van der Waals surface area (Å²) in [6.07, 6.45) is 2.26. The molecule has 116 valence electrons. The number of nitrogens with zero attached hydrogens (tertiary/aromatic N) is 2. The van der Waals surface area contributed by atoms with Crippen LogP contribution in [0.5, 0.6) is 5.75 Å². The SMILES string of the molecule is COc1ccc(CCNC(=O)NCc2cc(C)ncn2)cc1. The smallest absolute Gasteiger partial charge is 0.315 e. The zero-order valence-corrected chi connectivity index (χ0v) is 12.8. The van der Waals surface area contributed by atoms with Gasteiger partial charge in [0, 0.05) is 12.2 Å². The Morgan fingerprint density at radius 1 is 1.18 bits per heavy atom. The summed E-state index contributed by atoms with van der Waals surface area (Å²) in [4.78, 5) is 19.8. The van der Waals surface area contributed by atoms with Gasteiger partial charge in [-0.05, 0) is 37.1 Å². The zero-order valence-electron chi connectivity index (χ0n) is 12.8. The Hall–Kier alpha value is -2.63. The van der Waals surface area contributed by atoms with E-state index >= 15 is 0 Å². The molecule has 0 atom stereocenters. The Morgan fingerprint density at radius 3 is 2.64 bits per heavy atom. The van der Waals surface area contributed by atoms with Crippen LogP contribution in [0, 0.1) is 6.92 Å². The zero-order chi connectivity index (χ0) is 15.8. The first-order valence-corrected chi connectivity index (χ1v) is 7.09. The number of benzene rings is 1. The number of ether oxygens (including phenoxy) is 1. The Balaban J connectivity index is 1.69. The first-order valence-electron chi connectivity index (χ1n) is 7.09. The van der Waals surface area contributed by atoms with E-state index in [9.17, 15) is 4.79 Å². The van der Waals surface area contributed by atoms with E-state index in [1.807, 2.05) is 37.3 Å². The van der Waals surface area contributed by atoms with E-state index in [-0.39, 0.29) is 6.03 Å². The fourth-order valence-corrected chi connectivity index (χ4v) is 1.95. The van der Waals surface area contributed by atoms with Gasteiger partial charge in [-0.2, -0.15) is 0 Å². The van der Waals surface area contributed by atoms with E-state index in [0.717, 1.165) is 29.1 Å². The van der Waals surface area contributed by atoms with Crippen LogP contribution in [0.25, 0.3) is 0 Å². The lowest BCUT2D eigenvalue weighted by molar-refractivity contribution is 0.240. The van der Waals surface area contributed by atoms with Crippen LogP contribution in [0.2, 0.25) is 0 Å². The molecular weight excluding hydrogens is 280 g/mol. The highest BCUT2D eigenvalue weighted by atomic mass is 16.5. The average molecular weight is 300 g/mol. The van der Waals surface area contributed by atoms with E-state index in [2.05, 4.69) is 20.6 Å². The van der Waals surface area contributed by atoms with Crippen LogP contribution in [-0.2, 0) is 13.0 Å². The lowest BCUT2D eigenvalue weighted by atomic mass is 10.1. The molecule has 6 nitrogen and oxygen atoms in total. The number of carbonyl (C=O) groups excluding carboxylic acids is 1. The molecule has 1 aromatic heterocycles. The second kappa shape index (κ2) is 7.97. The number of urea groups is 1. The Morgan fingerprint density at radius 2 is 1.95 bits per heavy atom. The van der Waals surface area contributed by atoms with Crippen LogP contribution in [0.4, 0.5) is 4.79 Å². The van der Waals surface area contributed by atoms with Crippen LogP contribution in [0.15, 0.2) is 36.7 Å². The van der Waals surface area contributed by atoms with Crippen LogP contribution in [0.3, 0.4) is 0 Å². The van der Waals surface area contributed by atoms with Crippen molar-refractivity contribution < 1.29 is 9.53 Å². The largest absolute Gasteiger partial charge is 0.497 e. The predicted octanol–water partition coefficient (Wildman–Crippen LogP) is 1.84. The van der Waals surface area contributed by atoms with Crippen LogP contribution < -0.4 is 15.4 Å². The molecular formula is C16H20N4O2. The molecule has 22 heavy (non-hydrogen) atoms. The van der Waals surface area contributed by atoms with Gasteiger partial charge in [0.05, 0.1) is 19.3 Å². The molecule has 0 aliphatic rings. The van der Waals surface area contributed by atoms with E-state index in [4.69, 9.17) is 4.74 Å². The molecule has 0 fully saturated rings. The summed E-state index contributed by atoms with van der Waals surface area (Å²) < 4.78 is 5.10. The number of aryl methyl sites for hydroxylation is 1. The van der Waals surface area contributed by atoms with Crippen LogP contribution >= 0.6 is 0 Å². The monoisotopic (exact) mass is 300 g/mol. The third-order valence-corrected chi connectivity index (χ3v) is 3.15. The summed E-state index contributed by atoms with van der Waals surface area (Å²) in [6.45, 7) is 2.85. The van der Waals surface area contributed by atoms with E-state index < -0.39 is 0 Å². The Kier molecular flexibility index (Phi) is 5.71. The third-order valence-electron chi connectivity index (χ3n) is 3.15. The van der Waals surface area contributed by atoms with Crippen molar-refractivity contribution in [2.75, 3.05) is 13.7 Å². The van der Waals surface area contributed by atoms with Gasteiger partial charge >= 0.3 is 6.03 Å². The normalized spacial score (nSPS) is 10.1. The summed E-state index contributed by atoms with van der Waals surface area (Å²) in [5, 5.41) is 5.59. The maximum atomic E-state index is 11.7. The van der Waals surface area contributed by atoms with Gasteiger partial charge in [-0.1, -0.05) is 12.1 Å². The van der Waals surface area contributed by atoms with E-state index in [0.29, 0.717) is 13.1 Å². The van der Waals surface area contributed by atoms with Crippen molar-refractivity contribution in [1.29, 1.82) is 0 Å². The molecule has 0 saturated heterocycles. The van der Waals surface area contributed by atoms with Gasteiger partial charge in [-0.25, -0.2) is 14.8 Å². The quantitative estimate of drug-likeness (QED) is 0.853. The second-order valence-corrected chi connectivity index (χ2v) is 4.86. The highest BCUT2D eigenvalue weighted by molar-refractivity contribution is 5.73. The van der Waals surface area contributed by atoms with Gasteiger partial charge in [-0.15, -0.1) is 0 Å². The first kappa shape index (κ1) is 15.8. The van der Waals surface area contributed by atoms with Crippen LogP contribution in [-0.4, -0.2) is 29.7 Å². The number of amides is 2.